The van der Waals surface area contributed by atoms with Crippen molar-refractivity contribution < 1.29 is 9.21 Å². The van der Waals surface area contributed by atoms with Crippen LogP contribution in [0.1, 0.15) is 5.56 Å². The molecule has 0 saturated heterocycles. The van der Waals surface area contributed by atoms with Crippen molar-refractivity contribution in [3.63, 3.8) is 0 Å². The average molecular weight is 425 g/mol. The van der Waals surface area contributed by atoms with E-state index in [-0.39, 0.29) is 11.7 Å². The van der Waals surface area contributed by atoms with Gasteiger partial charge in [-0.05, 0) is 42.0 Å². The molecule has 4 rings (SSSR count). The van der Waals surface area contributed by atoms with Crippen molar-refractivity contribution in [3.05, 3.63) is 83.6 Å². The lowest BCUT2D eigenvalue weighted by Gasteiger charge is -2.09. The van der Waals surface area contributed by atoms with Gasteiger partial charge in [0.1, 0.15) is 0 Å². The number of furan rings is 1. The summed E-state index contributed by atoms with van der Waals surface area (Å²) in [6, 6.07) is 20.8. The van der Waals surface area contributed by atoms with Crippen LogP contribution in [-0.4, -0.2) is 26.4 Å². The first-order valence-corrected chi connectivity index (χ1v) is 10.3. The van der Waals surface area contributed by atoms with E-state index in [1.807, 2.05) is 59.2 Å². The molecule has 146 valence electrons. The van der Waals surface area contributed by atoms with Crippen molar-refractivity contribution in [2.45, 2.75) is 11.7 Å². The monoisotopic (exact) mass is 424 g/mol. The molecular formula is C21H17ClN4O2S. The minimum atomic E-state index is -0.0999. The van der Waals surface area contributed by atoms with Crippen LogP contribution in [0.3, 0.4) is 0 Å². The Morgan fingerprint density at radius 1 is 1.07 bits per heavy atom. The minimum absolute atomic E-state index is 0.0999. The molecule has 1 amide bonds. The summed E-state index contributed by atoms with van der Waals surface area (Å²) in [7, 11) is 0. The molecule has 8 heteroatoms. The molecule has 1 N–H and O–H groups in total. The third-order valence-electron chi connectivity index (χ3n) is 4.10. The maximum absolute atomic E-state index is 12.3. The molecule has 0 atom stereocenters. The van der Waals surface area contributed by atoms with Gasteiger partial charge in [-0.2, -0.15) is 0 Å². The van der Waals surface area contributed by atoms with E-state index in [1.165, 1.54) is 11.8 Å². The molecule has 0 aliphatic rings. The number of hydrogen-bond acceptors (Lipinski definition) is 5. The van der Waals surface area contributed by atoms with Crippen LogP contribution in [0.15, 0.2) is 82.6 Å². The van der Waals surface area contributed by atoms with Gasteiger partial charge in [0.15, 0.2) is 10.9 Å². The number of para-hydroxylation sites is 1. The summed E-state index contributed by atoms with van der Waals surface area (Å²) < 4.78 is 7.38. The summed E-state index contributed by atoms with van der Waals surface area (Å²) in [5.74, 6) is 1.31. The predicted octanol–water partition coefficient (Wildman–Crippen LogP) is 4.59. The van der Waals surface area contributed by atoms with Crippen molar-refractivity contribution in [1.29, 1.82) is 0 Å². The highest BCUT2D eigenvalue weighted by Gasteiger charge is 2.18. The van der Waals surface area contributed by atoms with Crippen LogP contribution >= 0.6 is 23.4 Å². The molecule has 0 spiro atoms. The van der Waals surface area contributed by atoms with E-state index < -0.39 is 0 Å². The fourth-order valence-corrected chi connectivity index (χ4v) is 3.76. The second-order valence-electron chi connectivity index (χ2n) is 6.15. The molecule has 2 aromatic heterocycles. The molecule has 0 saturated carbocycles. The predicted molar refractivity (Wildman–Crippen MR) is 113 cm³/mol. The molecule has 2 heterocycles. The molecule has 0 aliphatic heterocycles. The number of benzene rings is 2. The number of halogens is 1. The molecule has 6 nitrogen and oxygen atoms in total. The molecule has 0 aliphatic carbocycles. The lowest BCUT2D eigenvalue weighted by Crippen LogP contribution is -2.24. The molecule has 2 aromatic carbocycles. The quantitative estimate of drug-likeness (QED) is 0.439. The molecule has 0 fully saturated rings. The maximum atomic E-state index is 12.3. The Bertz CT molecular complexity index is 1100. The standard InChI is InChI=1S/C21H17ClN4O2S/c22-16-7-4-6-15(12-16)13-23-19(27)14-29-21-25-24-20(18-10-5-11-28-18)26(21)17-8-2-1-3-9-17/h1-12H,13-14H2,(H,23,27). The first-order chi connectivity index (χ1) is 14.2. The van der Waals surface area contributed by atoms with Gasteiger partial charge in [0.05, 0.1) is 12.0 Å². The van der Waals surface area contributed by atoms with E-state index in [4.69, 9.17) is 16.0 Å². The molecular weight excluding hydrogens is 408 g/mol. The second-order valence-corrected chi connectivity index (χ2v) is 7.53. The SMILES string of the molecule is O=C(CSc1nnc(-c2ccco2)n1-c1ccccc1)NCc1cccc(Cl)c1. The number of nitrogens with zero attached hydrogens (tertiary/aromatic N) is 3. The Hall–Kier alpha value is -3.03. The molecule has 0 unspecified atom stereocenters. The van der Waals surface area contributed by atoms with Crippen LogP contribution in [0.4, 0.5) is 0 Å². The summed E-state index contributed by atoms with van der Waals surface area (Å²) in [5.41, 5.74) is 1.84. The van der Waals surface area contributed by atoms with E-state index in [0.717, 1.165) is 11.3 Å². The lowest BCUT2D eigenvalue weighted by molar-refractivity contribution is -0.118. The molecule has 0 radical (unpaired) electrons. The van der Waals surface area contributed by atoms with Gasteiger partial charge in [-0.1, -0.05) is 53.7 Å². The topological polar surface area (TPSA) is 73.0 Å². The van der Waals surface area contributed by atoms with Crippen molar-refractivity contribution in [3.8, 4) is 17.3 Å². The number of amides is 1. The Balaban J connectivity index is 1.48. The van der Waals surface area contributed by atoms with E-state index in [9.17, 15) is 4.79 Å². The number of rotatable bonds is 7. The van der Waals surface area contributed by atoms with Gasteiger partial charge in [-0.25, -0.2) is 0 Å². The molecule has 0 bridgehead atoms. The highest BCUT2D eigenvalue weighted by Crippen LogP contribution is 2.28. The van der Waals surface area contributed by atoms with E-state index >= 15 is 0 Å². The average Bonchev–Trinajstić information content (AvgIpc) is 3.41. The summed E-state index contributed by atoms with van der Waals surface area (Å²) in [6.07, 6.45) is 1.59. The van der Waals surface area contributed by atoms with Gasteiger partial charge in [0.25, 0.3) is 0 Å². The lowest BCUT2D eigenvalue weighted by atomic mass is 10.2. The molecule has 4 aromatic rings. The Kier molecular flexibility index (Phi) is 5.97. The Morgan fingerprint density at radius 2 is 1.93 bits per heavy atom. The van der Waals surface area contributed by atoms with Gasteiger partial charge in [0.2, 0.25) is 11.7 Å². The summed E-state index contributed by atoms with van der Waals surface area (Å²) in [6.45, 7) is 0.420. The van der Waals surface area contributed by atoms with Gasteiger partial charge in [-0.15, -0.1) is 10.2 Å². The zero-order chi connectivity index (χ0) is 20.1. The summed E-state index contributed by atoms with van der Waals surface area (Å²) >= 11 is 7.30. The van der Waals surface area contributed by atoms with E-state index in [0.29, 0.717) is 28.3 Å². The third kappa shape index (κ3) is 4.70. The van der Waals surface area contributed by atoms with Crippen LogP contribution < -0.4 is 5.32 Å². The zero-order valence-corrected chi connectivity index (χ0v) is 16.9. The van der Waals surface area contributed by atoms with Crippen molar-refractivity contribution in [2.24, 2.45) is 0 Å². The third-order valence-corrected chi connectivity index (χ3v) is 5.26. The Labute approximate surface area is 176 Å². The van der Waals surface area contributed by atoms with Crippen LogP contribution in [0.25, 0.3) is 17.3 Å². The van der Waals surface area contributed by atoms with Crippen molar-refractivity contribution in [2.75, 3.05) is 5.75 Å². The van der Waals surface area contributed by atoms with Crippen LogP contribution in [-0.2, 0) is 11.3 Å². The van der Waals surface area contributed by atoms with Crippen molar-refractivity contribution >= 4 is 29.3 Å². The van der Waals surface area contributed by atoms with Gasteiger partial charge in [-0.3, -0.25) is 9.36 Å². The van der Waals surface area contributed by atoms with Gasteiger partial charge in [0, 0.05) is 17.3 Å². The number of carbonyl (C=O) groups excluding carboxylic acids is 1. The number of aromatic nitrogens is 3. The van der Waals surface area contributed by atoms with E-state index in [2.05, 4.69) is 15.5 Å². The van der Waals surface area contributed by atoms with Gasteiger partial charge < -0.3 is 9.73 Å². The normalized spacial score (nSPS) is 10.8. The zero-order valence-electron chi connectivity index (χ0n) is 15.3. The second kappa shape index (κ2) is 8.98. The summed E-state index contributed by atoms with van der Waals surface area (Å²) in [5, 5.41) is 12.7. The fourth-order valence-electron chi connectivity index (χ4n) is 2.77. The number of nitrogens with one attached hydrogen (secondary N) is 1. The minimum Gasteiger partial charge on any atom is -0.461 e. The first-order valence-electron chi connectivity index (χ1n) is 8.89. The van der Waals surface area contributed by atoms with Crippen LogP contribution in [0, 0.1) is 0 Å². The highest BCUT2D eigenvalue weighted by molar-refractivity contribution is 7.99. The maximum Gasteiger partial charge on any atom is 0.230 e. The Morgan fingerprint density at radius 3 is 2.69 bits per heavy atom. The van der Waals surface area contributed by atoms with E-state index in [1.54, 1.807) is 18.4 Å². The van der Waals surface area contributed by atoms with Crippen LogP contribution in [0.2, 0.25) is 5.02 Å². The highest BCUT2D eigenvalue weighted by atomic mass is 35.5. The largest absolute Gasteiger partial charge is 0.461 e. The number of hydrogen-bond donors (Lipinski definition) is 1. The van der Waals surface area contributed by atoms with Crippen LogP contribution in [0.5, 0.6) is 0 Å². The number of carbonyl (C=O) groups is 1. The molecule has 29 heavy (non-hydrogen) atoms. The van der Waals surface area contributed by atoms with Crippen molar-refractivity contribution in [1.82, 2.24) is 20.1 Å². The smallest absolute Gasteiger partial charge is 0.230 e. The number of thioether (sulfide) groups is 1. The van der Waals surface area contributed by atoms with Gasteiger partial charge >= 0.3 is 0 Å². The fraction of sp³-hybridized carbons (Fsp3) is 0.0952. The summed E-state index contributed by atoms with van der Waals surface area (Å²) in [4.78, 5) is 12.3. The first kappa shape index (κ1) is 19.3.